The van der Waals surface area contributed by atoms with E-state index in [1.165, 1.54) is 32.1 Å². The van der Waals surface area contributed by atoms with Crippen LogP contribution in [-0.2, 0) is 9.53 Å². The Morgan fingerprint density at radius 3 is 2.82 bits per heavy atom. The van der Waals surface area contributed by atoms with E-state index in [4.69, 9.17) is 4.74 Å². The number of aliphatic hydroxyl groups is 1. The maximum Gasteiger partial charge on any atom is 0.305 e. The van der Waals surface area contributed by atoms with Crippen LogP contribution in [0, 0.1) is 23.2 Å². The van der Waals surface area contributed by atoms with Gasteiger partial charge in [-0.1, -0.05) is 26.7 Å². The van der Waals surface area contributed by atoms with E-state index < -0.39 is 0 Å². The van der Waals surface area contributed by atoms with Crippen molar-refractivity contribution in [2.24, 2.45) is 23.2 Å². The lowest BCUT2D eigenvalue weighted by atomic mass is 9.52. The average Bonchev–Trinajstić information content (AvgIpc) is 2.46. The zero-order valence-electron chi connectivity index (χ0n) is 14.6. The summed E-state index contributed by atoms with van der Waals surface area (Å²) in [5, 5.41) is 10.4. The van der Waals surface area contributed by atoms with Gasteiger partial charge in [-0.3, -0.25) is 4.79 Å². The predicted octanol–water partition coefficient (Wildman–Crippen LogP) is 4.32. The normalized spacial score (nSPS) is 36.5. The van der Waals surface area contributed by atoms with Crippen LogP contribution in [0.5, 0.6) is 0 Å². The molecule has 2 aliphatic rings. The van der Waals surface area contributed by atoms with E-state index in [0.717, 1.165) is 19.3 Å². The predicted molar refractivity (Wildman–Crippen MR) is 88.4 cm³/mol. The number of ether oxygens (including phenoxy) is 1. The topological polar surface area (TPSA) is 46.5 Å². The van der Waals surface area contributed by atoms with Crippen LogP contribution in [0.4, 0.5) is 0 Å². The second-order valence-corrected chi connectivity index (χ2v) is 7.78. The Labute approximate surface area is 135 Å². The van der Waals surface area contributed by atoms with Crippen LogP contribution in [0.2, 0.25) is 0 Å². The van der Waals surface area contributed by atoms with Crippen molar-refractivity contribution in [3.05, 3.63) is 0 Å². The molecule has 0 amide bonds. The summed E-state index contributed by atoms with van der Waals surface area (Å²) in [6.45, 7) is 7.11. The molecule has 3 nitrogen and oxygen atoms in total. The fourth-order valence-corrected chi connectivity index (χ4v) is 5.33. The molecule has 0 radical (unpaired) electrons. The maximum absolute atomic E-state index is 11.5. The molecule has 128 valence electrons. The van der Waals surface area contributed by atoms with Gasteiger partial charge < -0.3 is 9.84 Å². The fourth-order valence-electron chi connectivity index (χ4n) is 5.33. The van der Waals surface area contributed by atoms with E-state index in [1.54, 1.807) is 0 Å². The number of fused-ring (bicyclic) bond motifs is 1. The highest BCUT2D eigenvalue weighted by Gasteiger charge is 2.49. The van der Waals surface area contributed by atoms with Gasteiger partial charge in [-0.2, -0.15) is 0 Å². The number of carbonyl (C=O) groups is 1. The van der Waals surface area contributed by atoms with Crippen molar-refractivity contribution in [2.45, 2.75) is 84.7 Å². The van der Waals surface area contributed by atoms with Crippen LogP contribution < -0.4 is 0 Å². The fraction of sp³-hybridized carbons (Fsp3) is 0.947. The van der Waals surface area contributed by atoms with Gasteiger partial charge in [0.25, 0.3) is 0 Å². The third-order valence-electron chi connectivity index (χ3n) is 6.44. The molecule has 22 heavy (non-hydrogen) atoms. The molecule has 0 aromatic rings. The Morgan fingerprint density at radius 2 is 2.09 bits per heavy atom. The SMILES string of the molecule is CCOC(=O)CCC[C@H](C)[C@H]1CCC[C@@H]2[C@@H](O)CCC[C@]12C. The van der Waals surface area contributed by atoms with Crippen molar-refractivity contribution >= 4 is 5.97 Å². The van der Waals surface area contributed by atoms with Crippen LogP contribution in [0.1, 0.15) is 78.6 Å². The molecule has 0 aliphatic heterocycles. The highest BCUT2D eigenvalue weighted by Crippen LogP contribution is 2.56. The monoisotopic (exact) mass is 310 g/mol. The molecule has 0 aromatic heterocycles. The molecule has 0 heterocycles. The second kappa shape index (κ2) is 7.81. The summed E-state index contributed by atoms with van der Waals surface area (Å²) in [4.78, 5) is 11.5. The van der Waals surface area contributed by atoms with Crippen molar-refractivity contribution in [3.8, 4) is 0 Å². The minimum atomic E-state index is -0.0896. The Bertz CT molecular complexity index is 368. The minimum absolute atomic E-state index is 0.0597. The van der Waals surface area contributed by atoms with E-state index in [0.29, 0.717) is 36.2 Å². The number of rotatable bonds is 6. The smallest absolute Gasteiger partial charge is 0.305 e. The first-order valence-electron chi connectivity index (χ1n) is 9.32. The quantitative estimate of drug-likeness (QED) is 0.743. The second-order valence-electron chi connectivity index (χ2n) is 7.78. The number of carbonyl (C=O) groups excluding carboxylic acids is 1. The molecular weight excluding hydrogens is 276 g/mol. The standard InChI is InChI=1S/C19H34O3/c1-4-22-18(21)12-5-8-14(2)15-9-6-10-16-17(20)11-7-13-19(15,16)3/h14-17,20H,4-13H2,1-3H3/t14-,15+,16+,17-,19+/m0/s1. The molecule has 0 aromatic carbocycles. The van der Waals surface area contributed by atoms with Crippen LogP contribution >= 0.6 is 0 Å². The Balaban J connectivity index is 1.90. The van der Waals surface area contributed by atoms with Crippen molar-refractivity contribution in [3.63, 3.8) is 0 Å². The first-order valence-corrected chi connectivity index (χ1v) is 9.32. The molecule has 2 fully saturated rings. The van der Waals surface area contributed by atoms with Crippen LogP contribution in [0.15, 0.2) is 0 Å². The summed E-state index contributed by atoms with van der Waals surface area (Å²) in [7, 11) is 0. The van der Waals surface area contributed by atoms with Crippen LogP contribution in [-0.4, -0.2) is 23.8 Å². The molecule has 0 unspecified atom stereocenters. The molecule has 3 heteroatoms. The highest BCUT2D eigenvalue weighted by molar-refractivity contribution is 5.69. The molecule has 0 bridgehead atoms. The lowest BCUT2D eigenvalue weighted by Crippen LogP contribution is -2.49. The molecule has 0 saturated heterocycles. The molecular formula is C19H34O3. The number of esters is 1. The summed E-state index contributed by atoms with van der Waals surface area (Å²) in [5.41, 5.74) is 0.305. The Morgan fingerprint density at radius 1 is 1.32 bits per heavy atom. The largest absolute Gasteiger partial charge is 0.466 e. The van der Waals surface area contributed by atoms with Crippen molar-refractivity contribution < 1.29 is 14.6 Å². The Hall–Kier alpha value is -0.570. The third-order valence-corrected chi connectivity index (χ3v) is 6.44. The number of hydrogen-bond acceptors (Lipinski definition) is 3. The molecule has 1 N–H and O–H groups in total. The van der Waals surface area contributed by atoms with E-state index in [2.05, 4.69) is 13.8 Å². The lowest BCUT2D eigenvalue weighted by molar-refractivity contribution is -0.143. The summed E-state index contributed by atoms with van der Waals surface area (Å²) in [5.74, 6) is 1.76. The average molecular weight is 310 g/mol. The van der Waals surface area contributed by atoms with Gasteiger partial charge in [-0.25, -0.2) is 0 Å². The summed E-state index contributed by atoms with van der Waals surface area (Å²) in [6, 6.07) is 0. The first kappa shape index (κ1) is 17.8. The minimum Gasteiger partial charge on any atom is -0.466 e. The van der Waals surface area contributed by atoms with Crippen LogP contribution in [0.25, 0.3) is 0 Å². The molecule has 2 rings (SSSR count). The Kier molecular flexibility index (Phi) is 6.31. The lowest BCUT2D eigenvalue weighted by Gasteiger charge is -2.54. The van der Waals surface area contributed by atoms with Crippen molar-refractivity contribution in [1.29, 1.82) is 0 Å². The molecule has 2 aliphatic carbocycles. The van der Waals surface area contributed by atoms with Crippen molar-refractivity contribution in [1.82, 2.24) is 0 Å². The number of aliphatic hydroxyl groups excluding tert-OH is 1. The van der Waals surface area contributed by atoms with E-state index in [1.807, 2.05) is 6.92 Å². The van der Waals surface area contributed by atoms with Gasteiger partial charge in [-0.15, -0.1) is 0 Å². The van der Waals surface area contributed by atoms with Gasteiger partial charge in [0.05, 0.1) is 12.7 Å². The van der Waals surface area contributed by atoms with Gasteiger partial charge in [0.15, 0.2) is 0 Å². The maximum atomic E-state index is 11.5. The van der Waals surface area contributed by atoms with Crippen molar-refractivity contribution in [2.75, 3.05) is 6.61 Å². The molecule has 0 spiro atoms. The van der Waals surface area contributed by atoms with Gasteiger partial charge in [0.1, 0.15) is 0 Å². The van der Waals surface area contributed by atoms with E-state index in [9.17, 15) is 9.90 Å². The first-order chi connectivity index (χ1) is 10.5. The van der Waals surface area contributed by atoms with Gasteiger partial charge in [0.2, 0.25) is 0 Å². The third kappa shape index (κ3) is 3.84. The zero-order chi connectivity index (χ0) is 16.2. The van der Waals surface area contributed by atoms with E-state index >= 15 is 0 Å². The van der Waals surface area contributed by atoms with Gasteiger partial charge in [0, 0.05) is 6.42 Å². The van der Waals surface area contributed by atoms with Gasteiger partial charge >= 0.3 is 5.97 Å². The summed E-state index contributed by atoms with van der Waals surface area (Å²) in [6.07, 6.45) is 9.66. The van der Waals surface area contributed by atoms with E-state index in [-0.39, 0.29) is 12.1 Å². The van der Waals surface area contributed by atoms with Gasteiger partial charge in [-0.05, 0) is 68.6 Å². The van der Waals surface area contributed by atoms with Crippen LogP contribution in [0.3, 0.4) is 0 Å². The molecule has 5 atom stereocenters. The summed E-state index contributed by atoms with van der Waals surface area (Å²) < 4.78 is 5.02. The zero-order valence-corrected chi connectivity index (χ0v) is 14.6. The highest BCUT2D eigenvalue weighted by atomic mass is 16.5. The summed E-state index contributed by atoms with van der Waals surface area (Å²) >= 11 is 0. The number of hydrogen-bond donors (Lipinski definition) is 1. The molecule has 2 saturated carbocycles.